The van der Waals surface area contributed by atoms with Gasteiger partial charge in [0.05, 0.1) is 23.4 Å². The van der Waals surface area contributed by atoms with Gasteiger partial charge in [0.25, 0.3) is 5.56 Å². The molecule has 1 saturated heterocycles. The minimum Gasteiger partial charge on any atom is -0.478 e. The van der Waals surface area contributed by atoms with Crippen LogP contribution in [0.5, 0.6) is 0 Å². The molecule has 11 heteroatoms. The van der Waals surface area contributed by atoms with Gasteiger partial charge in [0.1, 0.15) is 6.10 Å². The Hall–Kier alpha value is -4.67. The van der Waals surface area contributed by atoms with Gasteiger partial charge in [-0.05, 0) is 41.8 Å². The second kappa shape index (κ2) is 9.08. The minimum atomic E-state index is -4.60. The lowest BCUT2D eigenvalue weighted by Crippen LogP contribution is -2.25. The number of fused-ring (bicyclic) bond motifs is 1. The number of halogens is 3. The van der Waals surface area contributed by atoms with Crippen molar-refractivity contribution in [1.82, 2.24) is 9.97 Å². The van der Waals surface area contributed by atoms with Crippen molar-refractivity contribution in [2.75, 3.05) is 11.4 Å². The van der Waals surface area contributed by atoms with E-state index in [1.807, 2.05) is 0 Å². The predicted molar refractivity (Wildman–Crippen MR) is 128 cm³/mol. The number of cyclic esters (lactones) is 1. The fourth-order valence-corrected chi connectivity index (χ4v) is 4.38. The number of aromatic carboxylic acids is 1. The van der Waals surface area contributed by atoms with E-state index in [2.05, 4.69) is 9.97 Å². The van der Waals surface area contributed by atoms with Gasteiger partial charge < -0.3 is 14.8 Å². The highest BCUT2D eigenvalue weighted by Crippen LogP contribution is 2.37. The van der Waals surface area contributed by atoms with E-state index in [-0.39, 0.29) is 40.9 Å². The van der Waals surface area contributed by atoms with E-state index in [0.717, 1.165) is 6.07 Å². The molecule has 0 unspecified atom stereocenters. The Balaban J connectivity index is 1.44. The molecule has 1 aliphatic heterocycles. The number of H-pyrrole nitrogens is 1. The molecule has 2 aromatic heterocycles. The lowest BCUT2D eigenvalue weighted by atomic mass is 10.0. The molecule has 5 rings (SSSR count). The van der Waals surface area contributed by atoms with Gasteiger partial charge in [-0.3, -0.25) is 14.7 Å². The molecule has 4 aromatic rings. The van der Waals surface area contributed by atoms with E-state index in [4.69, 9.17) is 4.74 Å². The first-order valence-electron chi connectivity index (χ1n) is 11.1. The van der Waals surface area contributed by atoms with Crippen molar-refractivity contribution in [1.29, 1.82) is 0 Å². The van der Waals surface area contributed by atoms with Gasteiger partial charge in [-0.25, -0.2) is 9.59 Å². The second-order valence-electron chi connectivity index (χ2n) is 8.45. The monoisotopic (exact) mass is 509 g/mol. The van der Waals surface area contributed by atoms with Crippen LogP contribution in [0.15, 0.2) is 71.7 Å². The van der Waals surface area contributed by atoms with Crippen LogP contribution < -0.4 is 10.5 Å². The average molecular weight is 509 g/mol. The quantitative estimate of drug-likeness (QED) is 0.397. The number of alkyl halides is 3. The van der Waals surface area contributed by atoms with Crippen LogP contribution in [-0.2, 0) is 17.3 Å². The highest BCUT2D eigenvalue weighted by Gasteiger charge is 2.35. The maximum Gasteiger partial charge on any atom is 0.417 e. The van der Waals surface area contributed by atoms with E-state index in [1.54, 1.807) is 12.1 Å². The number of nitrogens with one attached hydrogen (secondary N) is 1. The summed E-state index contributed by atoms with van der Waals surface area (Å²) in [6.45, 7) is 0.0922. The summed E-state index contributed by atoms with van der Waals surface area (Å²) < 4.78 is 45.8. The van der Waals surface area contributed by atoms with Crippen LogP contribution in [0, 0.1) is 0 Å². The molecule has 0 aliphatic carbocycles. The minimum absolute atomic E-state index is 0.0112. The molecule has 0 bridgehead atoms. The number of aromatic amines is 1. The van der Waals surface area contributed by atoms with Crippen LogP contribution in [0.1, 0.15) is 21.6 Å². The normalized spacial score (nSPS) is 15.7. The number of ether oxygens (including phenoxy) is 1. The molecule has 1 amide bonds. The zero-order valence-electron chi connectivity index (χ0n) is 19.0. The van der Waals surface area contributed by atoms with Crippen molar-refractivity contribution in [3.05, 3.63) is 94.0 Å². The number of anilines is 1. The van der Waals surface area contributed by atoms with E-state index in [1.165, 1.54) is 53.6 Å². The van der Waals surface area contributed by atoms with Crippen LogP contribution in [-0.4, -0.2) is 39.8 Å². The number of carbonyl (C=O) groups is 2. The summed E-state index contributed by atoms with van der Waals surface area (Å²) in [6, 6.07) is 13.9. The van der Waals surface area contributed by atoms with Crippen LogP contribution in [0.3, 0.4) is 0 Å². The highest BCUT2D eigenvalue weighted by atomic mass is 19.4. The van der Waals surface area contributed by atoms with Crippen molar-refractivity contribution in [3.63, 3.8) is 0 Å². The molecule has 1 fully saturated rings. The van der Waals surface area contributed by atoms with Crippen LogP contribution in [0.2, 0.25) is 0 Å². The Kier molecular flexibility index (Phi) is 5.90. The first kappa shape index (κ1) is 24.0. The smallest absolute Gasteiger partial charge is 0.417 e. The molecule has 8 nitrogen and oxygen atoms in total. The number of amides is 1. The number of benzene rings is 2. The predicted octanol–water partition coefficient (Wildman–Crippen LogP) is 4.88. The molecule has 2 aromatic carbocycles. The molecule has 1 aliphatic rings. The number of carbonyl (C=O) groups excluding carboxylic acids is 1. The number of hydrogen-bond acceptors (Lipinski definition) is 5. The van der Waals surface area contributed by atoms with Gasteiger partial charge in [-0.15, -0.1) is 0 Å². The maximum absolute atomic E-state index is 13.5. The Morgan fingerprint density at radius 2 is 1.89 bits per heavy atom. The lowest BCUT2D eigenvalue weighted by Gasteiger charge is -2.15. The molecule has 188 valence electrons. The first-order valence-corrected chi connectivity index (χ1v) is 11.1. The Bertz CT molecular complexity index is 1600. The fraction of sp³-hybridized carbons (Fsp3) is 0.154. The van der Waals surface area contributed by atoms with E-state index < -0.39 is 35.5 Å². The van der Waals surface area contributed by atoms with Crippen molar-refractivity contribution < 1.29 is 32.6 Å². The molecule has 0 saturated carbocycles. The van der Waals surface area contributed by atoms with E-state index in [0.29, 0.717) is 11.1 Å². The lowest BCUT2D eigenvalue weighted by molar-refractivity contribution is -0.137. The van der Waals surface area contributed by atoms with E-state index >= 15 is 0 Å². The molecule has 37 heavy (non-hydrogen) atoms. The maximum atomic E-state index is 13.5. The third-order valence-electron chi connectivity index (χ3n) is 6.08. The van der Waals surface area contributed by atoms with Gasteiger partial charge >= 0.3 is 18.2 Å². The average Bonchev–Trinajstić information content (AvgIpc) is 3.23. The number of nitrogens with zero attached hydrogens (tertiary/aromatic N) is 2. The molecule has 1 atom stereocenters. The standard InChI is InChI=1S/C26H18F3N3O5/c27-26(28,29)20-6-2-1-4-17(20)22-10-14-7-8-15(11-19(14)23(33)31-22)32-13-16(37-25(32)36)12-21-18(24(34)35)5-3-9-30-21/h1-11,16H,12-13H2,(H,31,33)(H,34,35)/t16-/m0/s1. The van der Waals surface area contributed by atoms with Gasteiger partial charge in [-0.1, -0.05) is 24.3 Å². The Labute approximate surface area is 206 Å². The summed E-state index contributed by atoms with van der Waals surface area (Å²) in [5.74, 6) is -1.14. The molecular weight excluding hydrogens is 491 g/mol. The Morgan fingerprint density at radius 1 is 1.11 bits per heavy atom. The number of carboxylic acid groups (broad SMARTS) is 1. The highest BCUT2D eigenvalue weighted by molar-refractivity contribution is 5.95. The number of pyridine rings is 2. The van der Waals surface area contributed by atoms with Gasteiger partial charge in [0.2, 0.25) is 0 Å². The largest absolute Gasteiger partial charge is 0.478 e. The van der Waals surface area contributed by atoms with Crippen molar-refractivity contribution >= 4 is 28.5 Å². The molecule has 3 heterocycles. The van der Waals surface area contributed by atoms with Crippen molar-refractivity contribution in [2.24, 2.45) is 0 Å². The van der Waals surface area contributed by atoms with Crippen molar-refractivity contribution in [3.8, 4) is 11.3 Å². The number of carboxylic acids is 1. The summed E-state index contributed by atoms with van der Waals surface area (Å²) in [5, 5.41) is 9.92. The summed E-state index contributed by atoms with van der Waals surface area (Å²) in [7, 11) is 0. The van der Waals surface area contributed by atoms with Crippen LogP contribution >= 0.6 is 0 Å². The van der Waals surface area contributed by atoms with Gasteiger partial charge in [-0.2, -0.15) is 13.2 Å². The number of aromatic nitrogens is 2. The SMILES string of the molecule is O=C(O)c1cccnc1C[C@H]1CN(c2ccc3cc(-c4ccccc4C(F)(F)F)[nH]c(=O)c3c2)C(=O)O1. The van der Waals surface area contributed by atoms with Crippen LogP contribution in [0.25, 0.3) is 22.0 Å². The Morgan fingerprint density at radius 3 is 2.65 bits per heavy atom. The van der Waals surface area contributed by atoms with E-state index in [9.17, 15) is 32.7 Å². The fourth-order valence-electron chi connectivity index (χ4n) is 4.38. The summed E-state index contributed by atoms with van der Waals surface area (Å²) in [6.07, 6.45) is -4.41. The van der Waals surface area contributed by atoms with Crippen molar-refractivity contribution in [2.45, 2.75) is 18.7 Å². The molecule has 2 N–H and O–H groups in total. The zero-order valence-corrected chi connectivity index (χ0v) is 19.0. The van der Waals surface area contributed by atoms with Gasteiger partial charge in [0.15, 0.2) is 0 Å². The summed E-state index contributed by atoms with van der Waals surface area (Å²) in [5.41, 5.74) is -0.981. The zero-order chi connectivity index (χ0) is 26.3. The molecule has 0 radical (unpaired) electrons. The second-order valence-corrected chi connectivity index (χ2v) is 8.45. The summed E-state index contributed by atoms with van der Waals surface area (Å²) >= 11 is 0. The molecular formula is C26H18F3N3O5. The number of rotatable bonds is 5. The summed E-state index contributed by atoms with van der Waals surface area (Å²) in [4.78, 5) is 44.8. The topological polar surface area (TPSA) is 113 Å². The first-order chi connectivity index (χ1) is 17.6. The molecule has 0 spiro atoms. The third kappa shape index (κ3) is 4.63. The number of hydrogen-bond donors (Lipinski definition) is 2. The van der Waals surface area contributed by atoms with Gasteiger partial charge in [0, 0.05) is 34.9 Å². The van der Waals surface area contributed by atoms with Crippen LogP contribution in [0.4, 0.5) is 23.7 Å². The third-order valence-corrected chi connectivity index (χ3v) is 6.08.